The number of nitrogens with zero attached hydrogens (tertiary/aromatic N) is 2. The zero-order valence-electron chi connectivity index (χ0n) is 28.1. The molecule has 2 N–H and O–H groups in total. The fourth-order valence-electron chi connectivity index (χ4n) is 5.81. The lowest BCUT2D eigenvalue weighted by Crippen LogP contribution is -2.47. The molecule has 0 radical (unpaired) electrons. The van der Waals surface area contributed by atoms with E-state index in [1.165, 1.54) is 0 Å². The van der Waals surface area contributed by atoms with Crippen LogP contribution < -0.4 is 14.2 Å². The Morgan fingerprint density at radius 1 is 0.708 bits per heavy atom. The number of amides is 1. The van der Waals surface area contributed by atoms with Crippen LogP contribution in [0.1, 0.15) is 66.4 Å². The van der Waals surface area contributed by atoms with Crippen LogP contribution in [-0.2, 0) is 22.4 Å². The maximum absolute atomic E-state index is 13.5. The molecule has 48 heavy (non-hydrogen) atoms. The number of rotatable bonds is 19. The van der Waals surface area contributed by atoms with Gasteiger partial charge in [-0.3, -0.25) is 14.4 Å². The largest absolute Gasteiger partial charge is 0.497 e. The molecule has 1 saturated heterocycles. The molecular weight excluding hydrogens is 612 g/mol. The lowest BCUT2D eigenvalue weighted by atomic mass is 9.97. The van der Waals surface area contributed by atoms with Gasteiger partial charge in [-0.05, 0) is 97.8 Å². The Kier molecular flexibility index (Phi) is 14.1. The summed E-state index contributed by atoms with van der Waals surface area (Å²) in [4.78, 5) is 39.8. The number of unbranched alkanes of at least 4 members (excludes halogenated alkanes) is 3. The number of aryl methyl sites for hydroxylation is 1. The fraction of sp³-hybridized carbons (Fsp3) is 0.447. The number of carboxylic acids is 2. The van der Waals surface area contributed by atoms with Gasteiger partial charge in [0.05, 0.1) is 20.3 Å². The van der Waals surface area contributed by atoms with Gasteiger partial charge >= 0.3 is 11.9 Å². The van der Waals surface area contributed by atoms with E-state index in [-0.39, 0.29) is 25.4 Å². The molecule has 1 aliphatic rings. The summed E-state index contributed by atoms with van der Waals surface area (Å²) in [5, 5.41) is 18.2. The quantitative estimate of drug-likeness (QED) is 0.145. The van der Waals surface area contributed by atoms with Crippen molar-refractivity contribution < 1.29 is 38.8 Å². The van der Waals surface area contributed by atoms with Crippen molar-refractivity contribution >= 4 is 17.8 Å². The smallest absolute Gasteiger partial charge is 0.303 e. The van der Waals surface area contributed by atoms with Crippen LogP contribution in [-0.4, -0.2) is 91.4 Å². The average molecular weight is 661 g/mol. The molecule has 0 unspecified atom stereocenters. The van der Waals surface area contributed by atoms with Crippen LogP contribution in [0.2, 0.25) is 0 Å². The Morgan fingerprint density at radius 3 is 2.12 bits per heavy atom. The molecule has 1 heterocycles. The van der Waals surface area contributed by atoms with Gasteiger partial charge in [0.1, 0.15) is 17.2 Å². The van der Waals surface area contributed by atoms with Crippen LogP contribution >= 0.6 is 0 Å². The van der Waals surface area contributed by atoms with E-state index in [0.717, 1.165) is 73.2 Å². The number of hydrogen-bond acceptors (Lipinski definition) is 7. The maximum atomic E-state index is 13.5. The van der Waals surface area contributed by atoms with Gasteiger partial charge in [0.2, 0.25) is 0 Å². The Bertz CT molecular complexity index is 1500. The second-order valence-electron chi connectivity index (χ2n) is 12.2. The summed E-state index contributed by atoms with van der Waals surface area (Å²) in [6.07, 6.45) is 5.30. The minimum atomic E-state index is -0.869. The highest BCUT2D eigenvalue weighted by Crippen LogP contribution is 2.30. The van der Waals surface area contributed by atoms with Crippen molar-refractivity contribution in [3.63, 3.8) is 0 Å². The van der Waals surface area contributed by atoms with Gasteiger partial charge in [0, 0.05) is 44.6 Å². The van der Waals surface area contributed by atoms with E-state index in [9.17, 15) is 19.5 Å². The van der Waals surface area contributed by atoms with Crippen LogP contribution in [0.25, 0.3) is 11.1 Å². The molecule has 3 aromatic carbocycles. The van der Waals surface area contributed by atoms with Crippen molar-refractivity contribution in [3.05, 3.63) is 77.4 Å². The molecule has 3 aromatic rings. The lowest BCUT2D eigenvalue weighted by Gasteiger charge is -2.32. The minimum absolute atomic E-state index is 0.00217. The van der Waals surface area contributed by atoms with E-state index < -0.39 is 11.9 Å². The van der Waals surface area contributed by atoms with Crippen LogP contribution in [0, 0.1) is 0 Å². The monoisotopic (exact) mass is 660 g/mol. The van der Waals surface area contributed by atoms with Crippen LogP contribution in [0.3, 0.4) is 0 Å². The topological polar surface area (TPSA) is 126 Å². The highest BCUT2D eigenvalue weighted by molar-refractivity contribution is 5.96. The molecular formula is C38H48N2O8. The van der Waals surface area contributed by atoms with Crippen molar-refractivity contribution in [1.29, 1.82) is 0 Å². The van der Waals surface area contributed by atoms with Crippen LogP contribution in [0.15, 0.2) is 60.7 Å². The average Bonchev–Trinajstić information content (AvgIpc) is 3.09. The van der Waals surface area contributed by atoms with Crippen molar-refractivity contribution in [3.8, 4) is 28.4 Å². The van der Waals surface area contributed by atoms with E-state index in [4.69, 9.17) is 19.3 Å². The molecule has 258 valence electrons. The first-order valence-corrected chi connectivity index (χ1v) is 16.8. The standard InChI is InChI=1S/C38H48N2O8/c1-39-19-21-40(22-20-39)38(45)31-25-30(28-13-15-32(46-2)16-14-28)26-33(27-31)47-23-6-4-3-5-9-29-10-7-11-35(34(29)17-18-37(43)44)48-24-8-12-36(41)42/h7,10-11,13-16,25-27H,3-6,8-9,12,17-24H2,1-2H3,(H,41,42)(H,43,44). The van der Waals surface area contributed by atoms with E-state index in [1.54, 1.807) is 7.11 Å². The van der Waals surface area contributed by atoms with Gasteiger partial charge < -0.3 is 34.2 Å². The molecule has 10 nitrogen and oxygen atoms in total. The van der Waals surface area contributed by atoms with Gasteiger partial charge in [-0.2, -0.15) is 0 Å². The lowest BCUT2D eigenvalue weighted by molar-refractivity contribution is -0.138. The molecule has 1 amide bonds. The maximum Gasteiger partial charge on any atom is 0.303 e. The molecule has 0 aliphatic carbocycles. The Hall–Kier alpha value is -4.57. The summed E-state index contributed by atoms with van der Waals surface area (Å²) in [6.45, 7) is 3.89. The van der Waals surface area contributed by atoms with E-state index >= 15 is 0 Å². The molecule has 10 heteroatoms. The normalized spacial score (nSPS) is 13.2. The number of benzene rings is 3. The SMILES string of the molecule is COc1ccc(-c2cc(OCCCCCCc3cccc(OCCCC(=O)O)c3CCC(=O)O)cc(C(=O)N3CCN(C)CC3)c2)cc1. The summed E-state index contributed by atoms with van der Waals surface area (Å²) in [5.41, 5.74) is 4.47. The predicted molar refractivity (Wildman–Crippen MR) is 184 cm³/mol. The van der Waals surface area contributed by atoms with E-state index in [2.05, 4.69) is 11.9 Å². The fourth-order valence-corrected chi connectivity index (χ4v) is 5.81. The van der Waals surface area contributed by atoms with Gasteiger partial charge in [0.25, 0.3) is 5.91 Å². The third kappa shape index (κ3) is 11.3. The Morgan fingerprint density at radius 2 is 1.42 bits per heavy atom. The number of piperazine rings is 1. The number of hydrogen-bond donors (Lipinski definition) is 2. The van der Waals surface area contributed by atoms with Gasteiger partial charge in [0.15, 0.2) is 0 Å². The molecule has 1 fully saturated rings. The summed E-state index contributed by atoms with van der Waals surface area (Å²) in [7, 11) is 3.71. The first-order chi connectivity index (χ1) is 23.2. The minimum Gasteiger partial charge on any atom is -0.497 e. The van der Waals surface area contributed by atoms with Crippen molar-refractivity contribution in [2.75, 3.05) is 53.6 Å². The summed E-state index contributed by atoms with van der Waals surface area (Å²) in [5.74, 6) is 0.351. The summed E-state index contributed by atoms with van der Waals surface area (Å²) in [6, 6.07) is 19.3. The zero-order chi connectivity index (χ0) is 34.3. The zero-order valence-corrected chi connectivity index (χ0v) is 28.1. The summed E-state index contributed by atoms with van der Waals surface area (Å²) < 4.78 is 17.4. The number of aliphatic carboxylic acids is 2. The molecule has 0 spiro atoms. The second kappa shape index (κ2) is 18.7. The van der Waals surface area contributed by atoms with Gasteiger partial charge in [-0.25, -0.2) is 0 Å². The first-order valence-electron chi connectivity index (χ1n) is 16.8. The molecule has 4 rings (SSSR count). The number of carbonyl (C=O) groups is 3. The number of ether oxygens (including phenoxy) is 3. The third-order valence-electron chi connectivity index (χ3n) is 8.59. The van der Waals surface area contributed by atoms with E-state index in [1.807, 2.05) is 65.6 Å². The molecule has 0 aromatic heterocycles. The van der Waals surface area contributed by atoms with Crippen molar-refractivity contribution in [2.45, 2.75) is 57.8 Å². The molecule has 0 bridgehead atoms. The highest BCUT2D eigenvalue weighted by atomic mass is 16.5. The van der Waals surface area contributed by atoms with Crippen molar-refractivity contribution in [2.24, 2.45) is 0 Å². The Balaban J connectivity index is 1.32. The number of likely N-dealkylation sites (N-methyl/N-ethyl adjacent to an activating group) is 1. The number of carboxylic acid groups (broad SMARTS) is 2. The molecule has 0 atom stereocenters. The Labute approximate surface area is 283 Å². The number of carbonyl (C=O) groups excluding carboxylic acids is 1. The number of methoxy groups -OCH3 is 1. The molecule has 0 saturated carbocycles. The van der Waals surface area contributed by atoms with Crippen LogP contribution in [0.5, 0.6) is 17.2 Å². The predicted octanol–water partition coefficient (Wildman–Crippen LogP) is 6.19. The van der Waals surface area contributed by atoms with Crippen molar-refractivity contribution in [1.82, 2.24) is 9.80 Å². The molecule has 1 aliphatic heterocycles. The third-order valence-corrected chi connectivity index (χ3v) is 8.59. The first kappa shape index (κ1) is 36.3. The second-order valence-corrected chi connectivity index (χ2v) is 12.2. The summed E-state index contributed by atoms with van der Waals surface area (Å²) >= 11 is 0. The van der Waals surface area contributed by atoms with Crippen LogP contribution in [0.4, 0.5) is 0 Å². The van der Waals surface area contributed by atoms with Gasteiger partial charge in [-0.15, -0.1) is 0 Å². The highest BCUT2D eigenvalue weighted by Gasteiger charge is 2.22. The van der Waals surface area contributed by atoms with Gasteiger partial charge in [-0.1, -0.05) is 37.1 Å². The van der Waals surface area contributed by atoms with E-state index in [0.29, 0.717) is 49.6 Å².